The van der Waals surface area contributed by atoms with Crippen LogP contribution in [0.5, 0.6) is 0 Å². The first-order chi connectivity index (χ1) is 13.3. The van der Waals surface area contributed by atoms with Crippen LogP contribution in [-0.2, 0) is 15.8 Å². The minimum absolute atomic E-state index is 0.0401. The highest BCUT2D eigenvalue weighted by molar-refractivity contribution is 5.90. The molecular weight excluding hydrogens is 373 g/mol. The minimum Gasteiger partial charge on any atom is -0.342 e. The van der Waals surface area contributed by atoms with Crippen LogP contribution in [0.15, 0.2) is 24.3 Å². The number of likely N-dealkylation sites (tertiary alicyclic amines) is 1. The van der Waals surface area contributed by atoms with E-state index >= 15 is 0 Å². The van der Waals surface area contributed by atoms with Gasteiger partial charge in [-0.15, -0.1) is 0 Å². The Morgan fingerprint density at radius 1 is 1.14 bits per heavy atom. The van der Waals surface area contributed by atoms with Crippen LogP contribution < -0.4 is 16.2 Å². The van der Waals surface area contributed by atoms with Crippen molar-refractivity contribution in [1.82, 2.24) is 15.8 Å². The van der Waals surface area contributed by atoms with Crippen molar-refractivity contribution in [1.29, 1.82) is 0 Å². The summed E-state index contributed by atoms with van der Waals surface area (Å²) in [5, 5.41) is 2.64. The molecule has 2 heterocycles. The zero-order valence-corrected chi connectivity index (χ0v) is 15.5. The second-order valence-electron chi connectivity index (χ2n) is 7.41. The normalized spacial score (nSPS) is 21.0. The van der Waals surface area contributed by atoms with Crippen molar-refractivity contribution < 1.29 is 22.8 Å². The van der Waals surface area contributed by atoms with Crippen molar-refractivity contribution >= 4 is 17.5 Å². The fraction of sp³-hybridized carbons (Fsp3) is 0.579. The zero-order valence-electron chi connectivity index (χ0n) is 15.5. The van der Waals surface area contributed by atoms with Crippen LogP contribution in [0.3, 0.4) is 0 Å². The highest BCUT2D eigenvalue weighted by atomic mass is 19.4. The summed E-state index contributed by atoms with van der Waals surface area (Å²) in [5.41, 5.74) is 5.53. The van der Waals surface area contributed by atoms with Crippen LogP contribution in [-0.4, -0.2) is 42.9 Å². The van der Waals surface area contributed by atoms with Gasteiger partial charge in [0.25, 0.3) is 0 Å². The summed E-state index contributed by atoms with van der Waals surface area (Å²) in [4.78, 5) is 26.5. The van der Waals surface area contributed by atoms with Gasteiger partial charge in [-0.2, -0.15) is 13.2 Å². The molecule has 2 fully saturated rings. The molecule has 3 rings (SSSR count). The summed E-state index contributed by atoms with van der Waals surface area (Å²) in [6.45, 7) is 2.68. The quantitative estimate of drug-likeness (QED) is 0.712. The van der Waals surface area contributed by atoms with Gasteiger partial charge in [0, 0.05) is 38.3 Å². The Hall–Kier alpha value is -2.13. The van der Waals surface area contributed by atoms with Gasteiger partial charge in [0.15, 0.2) is 0 Å². The van der Waals surface area contributed by atoms with Gasteiger partial charge in [-0.25, -0.2) is 0 Å². The third kappa shape index (κ3) is 5.45. The number of rotatable bonds is 5. The molecule has 1 aromatic rings. The molecule has 154 valence electrons. The Morgan fingerprint density at radius 3 is 2.46 bits per heavy atom. The number of alkyl halides is 3. The van der Waals surface area contributed by atoms with Crippen LogP contribution in [0.25, 0.3) is 0 Å². The number of halogens is 3. The largest absolute Gasteiger partial charge is 0.416 e. The number of piperidine rings is 1. The first kappa shape index (κ1) is 20.6. The summed E-state index contributed by atoms with van der Waals surface area (Å²) in [5.74, 6) is 0.143. The predicted molar refractivity (Wildman–Crippen MR) is 98.1 cm³/mol. The molecule has 28 heavy (non-hydrogen) atoms. The summed E-state index contributed by atoms with van der Waals surface area (Å²) in [7, 11) is 0. The number of carbonyl (C=O) groups excluding carboxylic acids is 2. The molecule has 0 radical (unpaired) electrons. The number of hydrogen-bond donors (Lipinski definition) is 3. The van der Waals surface area contributed by atoms with Crippen LogP contribution in [0.4, 0.5) is 18.9 Å². The van der Waals surface area contributed by atoms with Crippen molar-refractivity contribution in [2.24, 2.45) is 11.8 Å². The molecule has 0 aromatic heterocycles. The fourth-order valence-electron chi connectivity index (χ4n) is 3.70. The minimum atomic E-state index is -4.39. The average Bonchev–Trinajstić information content (AvgIpc) is 3.20. The number of nitrogens with zero attached hydrogens (tertiary/aromatic N) is 1. The molecule has 0 spiro atoms. The number of benzene rings is 1. The lowest BCUT2D eigenvalue weighted by Crippen LogP contribution is -2.44. The first-order valence-corrected chi connectivity index (χ1v) is 9.54. The number of anilines is 1. The molecule has 1 aromatic carbocycles. The van der Waals surface area contributed by atoms with Gasteiger partial charge in [0.2, 0.25) is 11.8 Å². The van der Waals surface area contributed by atoms with Crippen molar-refractivity contribution in [2.45, 2.75) is 31.9 Å². The second kappa shape index (κ2) is 8.91. The predicted octanol–water partition coefficient (Wildman–Crippen LogP) is 2.39. The van der Waals surface area contributed by atoms with E-state index in [0.717, 1.165) is 31.5 Å². The number of carbonyl (C=O) groups is 2. The maximum Gasteiger partial charge on any atom is 0.416 e. The summed E-state index contributed by atoms with van der Waals surface area (Å²) in [6.07, 6.45) is -1.57. The third-order valence-electron chi connectivity index (χ3n) is 5.28. The Balaban J connectivity index is 1.44. The number of hydrazine groups is 1. The van der Waals surface area contributed by atoms with E-state index in [9.17, 15) is 22.8 Å². The molecule has 2 aliphatic heterocycles. The molecule has 2 aliphatic rings. The Labute approximate surface area is 161 Å². The van der Waals surface area contributed by atoms with Crippen molar-refractivity contribution in [3.63, 3.8) is 0 Å². The monoisotopic (exact) mass is 398 g/mol. The van der Waals surface area contributed by atoms with E-state index in [0.29, 0.717) is 31.7 Å². The highest BCUT2D eigenvalue weighted by Crippen LogP contribution is 2.30. The summed E-state index contributed by atoms with van der Waals surface area (Å²) >= 11 is 0. The van der Waals surface area contributed by atoms with Crippen LogP contribution in [0.2, 0.25) is 0 Å². The first-order valence-electron chi connectivity index (χ1n) is 9.54. The van der Waals surface area contributed by atoms with Gasteiger partial charge in [-0.1, -0.05) is 0 Å². The van der Waals surface area contributed by atoms with Crippen molar-refractivity contribution in [3.8, 4) is 0 Å². The maximum atomic E-state index is 12.6. The lowest BCUT2D eigenvalue weighted by Gasteiger charge is -2.34. The van der Waals surface area contributed by atoms with E-state index in [1.807, 2.05) is 4.90 Å². The van der Waals surface area contributed by atoms with Gasteiger partial charge >= 0.3 is 6.18 Å². The summed E-state index contributed by atoms with van der Waals surface area (Å²) < 4.78 is 37.7. The van der Waals surface area contributed by atoms with E-state index in [1.54, 1.807) is 0 Å². The van der Waals surface area contributed by atoms with E-state index in [-0.39, 0.29) is 30.1 Å². The van der Waals surface area contributed by atoms with Gasteiger partial charge < -0.3 is 10.2 Å². The van der Waals surface area contributed by atoms with Gasteiger partial charge in [0.1, 0.15) is 0 Å². The van der Waals surface area contributed by atoms with Gasteiger partial charge in [-0.3, -0.25) is 20.4 Å². The molecule has 9 heteroatoms. The standard InChI is InChI=1S/C19H25F3N4O2/c20-19(21,22)15-4-6-16(7-5-15)25-17(27)8-3-13-2-1-9-26(12-13)18(28)14-10-23-24-11-14/h4-7,13-14,23-24H,1-3,8-12H2,(H,25,27). The topological polar surface area (TPSA) is 73.5 Å². The molecule has 0 aliphatic carbocycles. The molecule has 1 atom stereocenters. The third-order valence-corrected chi connectivity index (χ3v) is 5.28. The van der Waals surface area contributed by atoms with Crippen LogP contribution in [0, 0.1) is 11.8 Å². The number of hydrogen-bond acceptors (Lipinski definition) is 4. The van der Waals surface area contributed by atoms with Crippen molar-refractivity contribution in [2.75, 3.05) is 31.5 Å². The molecule has 2 amide bonds. The molecule has 1 unspecified atom stereocenters. The fourth-order valence-corrected chi connectivity index (χ4v) is 3.70. The maximum absolute atomic E-state index is 12.6. The molecular formula is C19H25F3N4O2. The molecule has 0 saturated carbocycles. The molecule has 2 saturated heterocycles. The number of amides is 2. The number of nitrogens with one attached hydrogen (secondary N) is 3. The molecule has 0 bridgehead atoms. The molecule has 6 nitrogen and oxygen atoms in total. The van der Waals surface area contributed by atoms with Gasteiger partial charge in [-0.05, 0) is 49.4 Å². The van der Waals surface area contributed by atoms with E-state index in [4.69, 9.17) is 0 Å². The SMILES string of the molecule is O=C(CCC1CCCN(C(=O)C2CNNC2)C1)Nc1ccc(C(F)(F)F)cc1. The Kier molecular flexibility index (Phi) is 6.56. The Morgan fingerprint density at radius 2 is 1.82 bits per heavy atom. The average molecular weight is 398 g/mol. The van der Waals surface area contributed by atoms with E-state index in [2.05, 4.69) is 16.2 Å². The van der Waals surface area contributed by atoms with E-state index in [1.165, 1.54) is 12.1 Å². The molecule has 3 N–H and O–H groups in total. The van der Waals surface area contributed by atoms with E-state index < -0.39 is 11.7 Å². The highest BCUT2D eigenvalue weighted by Gasteiger charge is 2.31. The van der Waals surface area contributed by atoms with Crippen LogP contribution in [0.1, 0.15) is 31.2 Å². The smallest absolute Gasteiger partial charge is 0.342 e. The zero-order chi connectivity index (χ0) is 20.1. The van der Waals surface area contributed by atoms with Crippen LogP contribution >= 0.6 is 0 Å². The second-order valence-corrected chi connectivity index (χ2v) is 7.41. The lowest BCUT2D eigenvalue weighted by molar-refractivity contribution is -0.138. The summed E-state index contributed by atoms with van der Waals surface area (Å²) in [6, 6.07) is 4.41. The lowest BCUT2D eigenvalue weighted by atomic mass is 9.92. The van der Waals surface area contributed by atoms with Gasteiger partial charge in [0.05, 0.1) is 11.5 Å². The Bertz CT molecular complexity index is 687. The van der Waals surface area contributed by atoms with Crippen molar-refractivity contribution in [3.05, 3.63) is 29.8 Å².